The van der Waals surface area contributed by atoms with Gasteiger partial charge < -0.3 is 4.74 Å². The van der Waals surface area contributed by atoms with Crippen molar-refractivity contribution >= 4 is 5.78 Å². The Kier molecular flexibility index (Phi) is 3.09. The van der Waals surface area contributed by atoms with Crippen LogP contribution in [0.5, 0.6) is 0 Å². The lowest BCUT2D eigenvalue weighted by Crippen LogP contribution is -2.52. The first-order chi connectivity index (χ1) is 10.5. The van der Waals surface area contributed by atoms with Gasteiger partial charge in [0.2, 0.25) is 0 Å². The summed E-state index contributed by atoms with van der Waals surface area (Å²) in [5, 5.41) is 0. The maximum atomic E-state index is 12.5. The molecule has 2 heteroatoms. The van der Waals surface area contributed by atoms with Crippen molar-refractivity contribution < 1.29 is 9.53 Å². The highest BCUT2D eigenvalue weighted by atomic mass is 16.5. The minimum absolute atomic E-state index is 0.0885. The number of carbonyl (C=O) groups is 1. The number of benzene rings is 1. The van der Waals surface area contributed by atoms with E-state index in [1.165, 1.54) is 12.0 Å². The lowest BCUT2D eigenvalue weighted by atomic mass is 9.56. The van der Waals surface area contributed by atoms with Crippen LogP contribution < -0.4 is 0 Å². The molecule has 0 amide bonds. The summed E-state index contributed by atoms with van der Waals surface area (Å²) in [6, 6.07) is 10.3. The minimum atomic E-state index is -0.0885. The van der Waals surface area contributed by atoms with Gasteiger partial charge in [-0.15, -0.1) is 0 Å². The standard InChI is InChI=1S/C20H24O2/c1-19(2)17-16(21)9-11-20(17)10-8-15(12-20)18(19)22-13-14-6-4-3-5-7-14/h3-7,9,11,15,17-18H,8,10,12-13H2,1-2H3/t15-,17-,18-,20-/m0/s1. The van der Waals surface area contributed by atoms with E-state index in [0.717, 1.165) is 12.8 Å². The molecule has 2 nitrogen and oxygen atoms in total. The first kappa shape index (κ1) is 14.2. The predicted molar refractivity (Wildman–Crippen MR) is 86.2 cm³/mol. The topological polar surface area (TPSA) is 26.3 Å². The number of hydrogen-bond donors (Lipinski definition) is 0. The van der Waals surface area contributed by atoms with Gasteiger partial charge in [-0.25, -0.2) is 0 Å². The van der Waals surface area contributed by atoms with E-state index in [4.69, 9.17) is 4.74 Å². The van der Waals surface area contributed by atoms with Crippen molar-refractivity contribution in [2.75, 3.05) is 0 Å². The Morgan fingerprint density at radius 2 is 2.00 bits per heavy atom. The first-order valence-electron chi connectivity index (χ1n) is 8.42. The maximum absolute atomic E-state index is 12.5. The Labute approximate surface area is 132 Å². The molecule has 1 spiro atoms. The van der Waals surface area contributed by atoms with Gasteiger partial charge in [0.05, 0.1) is 12.7 Å². The summed E-state index contributed by atoms with van der Waals surface area (Å²) >= 11 is 0. The summed E-state index contributed by atoms with van der Waals surface area (Å²) < 4.78 is 6.39. The molecule has 4 rings (SSSR count). The molecule has 3 aliphatic carbocycles. The first-order valence-corrected chi connectivity index (χ1v) is 8.42. The average Bonchev–Trinajstić information content (AvgIpc) is 3.03. The number of rotatable bonds is 3. The van der Waals surface area contributed by atoms with Crippen LogP contribution in [-0.2, 0) is 16.1 Å². The fraction of sp³-hybridized carbons (Fsp3) is 0.550. The molecule has 0 aromatic heterocycles. The maximum Gasteiger partial charge on any atom is 0.159 e. The van der Waals surface area contributed by atoms with Crippen LogP contribution in [0.25, 0.3) is 0 Å². The van der Waals surface area contributed by atoms with Crippen LogP contribution in [0.1, 0.15) is 38.7 Å². The van der Waals surface area contributed by atoms with Crippen LogP contribution in [0.3, 0.4) is 0 Å². The molecule has 0 radical (unpaired) electrons. The number of hydrogen-bond acceptors (Lipinski definition) is 2. The minimum Gasteiger partial charge on any atom is -0.373 e. The molecule has 1 aromatic carbocycles. The average molecular weight is 296 g/mol. The predicted octanol–water partition coefficient (Wildman–Crippen LogP) is 4.15. The number of ketones is 1. The van der Waals surface area contributed by atoms with Gasteiger partial charge in [0.1, 0.15) is 0 Å². The van der Waals surface area contributed by atoms with Crippen LogP contribution in [0.2, 0.25) is 0 Å². The Balaban J connectivity index is 1.59. The molecule has 0 N–H and O–H groups in total. The van der Waals surface area contributed by atoms with E-state index in [1.807, 2.05) is 12.1 Å². The zero-order chi connectivity index (χ0) is 15.4. The van der Waals surface area contributed by atoms with Crippen LogP contribution in [0.4, 0.5) is 0 Å². The van der Waals surface area contributed by atoms with Crippen LogP contribution >= 0.6 is 0 Å². The third-order valence-corrected chi connectivity index (χ3v) is 6.24. The molecule has 1 aromatic rings. The summed E-state index contributed by atoms with van der Waals surface area (Å²) in [6.07, 6.45) is 7.71. The van der Waals surface area contributed by atoms with Gasteiger partial charge in [-0.1, -0.05) is 50.3 Å². The van der Waals surface area contributed by atoms with E-state index in [2.05, 4.69) is 44.2 Å². The molecule has 2 saturated carbocycles. The van der Waals surface area contributed by atoms with E-state index in [1.54, 1.807) is 0 Å². The summed E-state index contributed by atoms with van der Waals surface area (Å²) in [5.74, 6) is 1.02. The molecule has 0 unspecified atom stereocenters. The Morgan fingerprint density at radius 1 is 1.23 bits per heavy atom. The molecule has 116 valence electrons. The van der Waals surface area contributed by atoms with Crippen LogP contribution in [-0.4, -0.2) is 11.9 Å². The van der Waals surface area contributed by atoms with Crippen molar-refractivity contribution in [1.82, 2.24) is 0 Å². The second-order valence-corrected chi connectivity index (χ2v) is 7.94. The fourth-order valence-electron chi connectivity index (χ4n) is 5.53. The van der Waals surface area contributed by atoms with Gasteiger partial charge in [0, 0.05) is 11.3 Å². The monoisotopic (exact) mass is 296 g/mol. The van der Waals surface area contributed by atoms with E-state index in [0.29, 0.717) is 18.3 Å². The van der Waals surface area contributed by atoms with E-state index >= 15 is 0 Å². The van der Waals surface area contributed by atoms with Crippen LogP contribution in [0, 0.1) is 22.7 Å². The van der Waals surface area contributed by atoms with Crippen molar-refractivity contribution in [1.29, 1.82) is 0 Å². The summed E-state index contributed by atoms with van der Waals surface area (Å²) in [5.41, 5.74) is 1.26. The van der Waals surface area contributed by atoms with Gasteiger partial charge in [-0.05, 0) is 42.2 Å². The molecule has 2 fully saturated rings. The second-order valence-electron chi connectivity index (χ2n) is 7.94. The highest BCUT2D eigenvalue weighted by Gasteiger charge is 2.63. The Hall–Kier alpha value is -1.41. The second kappa shape index (κ2) is 4.79. The normalized spacial score (nSPS) is 38.3. The molecule has 2 bridgehead atoms. The van der Waals surface area contributed by atoms with Gasteiger partial charge in [0.25, 0.3) is 0 Å². The van der Waals surface area contributed by atoms with Crippen molar-refractivity contribution in [3.8, 4) is 0 Å². The highest BCUT2D eigenvalue weighted by Crippen LogP contribution is 2.64. The van der Waals surface area contributed by atoms with E-state index < -0.39 is 0 Å². The molecule has 0 heterocycles. The van der Waals surface area contributed by atoms with Gasteiger partial charge in [0.15, 0.2) is 5.78 Å². The summed E-state index contributed by atoms with van der Waals surface area (Å²) in [7, 11) is 0. The smallest absolute Gasteiger partial charge is 0.159 e. The van der Waals surface area contributed by atoms with Crippen molar-refractivity contribution in [2.24, 2.45) is 22.7 Å². The molecule has 4 atom stereocenters. The Bertz CT molecular complexity index is 616. The number of fused-ring (bicyclic) bond motifs is 1. The summed E-state index contributed by atoms with van der Waals surface area (Å²) in [6.45, 7) is 5.13. The molecular formula is C20H24O2. The summed E-state index contributed by atoms with van der Waals surface area (Å²) in [4.78, 5) is 12.5. The Morgan fingerprint density at radius 3 is 2.77 bits per heavy atom. The van der Waals surface area contributed by atoms with Crippen molar-refractivity contribution in [2.45, 2.75) is 45.8 Å². The number of carbonyl (C=O) groups excluding carboxylic acids is 1. The number of ether oxygens (including phenoxy) is 1. The molecule has 0 saturated heterocycles. The van der Waals surface area contributed by atoms with E-state index in [9.17, 15) is 4.79 Å². The van der Waals surface area contributed by atoms with Gasteiger partial charge >= 0.3 is 0 Å². The zero-order valence-electron chi connectivity index (χ0n) is 13.4. The lowest BCUT2D eigenvalue weighted by Gasteiger charge is -2.50. The molecule has 3 aliphatic rings. The molecular weight excluding hydrogens is 272 g/mol. The fourth-order valence-corrected chi connectivity index (χ4v) is 5.53. The van der Waals surface area contributed by atoms with Gasteiger partial charge in [-0.3, -0.25) is 4.79 Å². The van der Waals surface area contributed by atoms with Crippen molar-refractivity contribution in [3.05, 3.63) is 48.0 Å². The molecule has 0 aliphatic heterocycles. The van der Waals surface area contributed by atoms with Crippen LogP contribution in [0.15, 0.2) is 42.5 Å². The zero-order valence-corrected chi connectivity index (χ0v) is 13.4. The quantitative estimate of drug-likeness (QED) is 0.837. The number of allylic oxidation sites excluding steroid dienone is 2. The molecule has 22 heavy (non-hydrogen) atoms. The third kappa shape index (κ3) is 1.93. The largest absolute Gasteiger partial charge is 0.373 e. The van der Waals surface area contributed by atoms with Gasteiger partial charge in [-0.2, -0.15) is 0 Å². The van der Waals surface area contributed by atoms with Crippen molar-refractivity contribution in [3.63, 3.8) is 0 Å². The SMILES string of the molecule is CC1(C)[C@@H](OCc2ccccc2)[C@H]2CC[C@]3(C=CC(=O)[C@@H]13)C2. The van der Waals surface area contributed by atoms with E-state index in [-0.39, 0.29) is 22.9 Å². The highest BCUT2D eigenvalue weighted by molar-refractivity contribution is 5.96. The lowest BCUT2D eigenvalue weighted by molar-refractivity contribution is -0.150. The third-order valence-electron chi connectivity index (χ3n) is 6.24.